The van der Waals surface area contributed by atoms with Crippen molar-refractivity contribution in [1.82, 2.24) is 9.78 Å². The molecule has 0 radical (unpaired) electrons. The highest BCUT2D eigenvalue weighted by atomic mass is 35.5. The van der Waals surface area contributed by atoms with E-state index in [0.717, 1.165) is 0 Å². The Labute approximate surface area is 85.8 Å². The number of rotatable bonds is 3. The lowest BCUT2D eigenvalue weighted by Gasteiger charge is -2.08. The molecule has 80 valence electrons. The smallest absolute Gasteiger partial charge is 0.323 e. The number of alkyl halides is 3. The molecule has 6 heteroatoms. The summed E-state index contributed by atoms with van der Waals surface area (Å²) in [5.41, 5.74) is 7.53. The topological polar surface area (TPSA) is 43.8 Å². The molecule has 0 saturated carbocycles. The van der Waals surface area contributed by atoms with E-state index in [-0.39, 0.29) is 6.54 Å². The fourth-order valence-electron chi connectivity index (χ4n) is 1.16. The van der Waals surface area contributed by atoms with E-state index < -0.39 is 11.8 Å². The summed E-state index contributed by atoms with van der Waals surface area (Å²) < 4.78 is 26.1. The molecule has 3 nitrogen and oxygen atoms in total. The third kappa shape index (κ3) is 2.57. The monoisotopic (exact) mass is 223 g/mol. The Morgan fingerprint density at radius 1 is 1.50 bits per heavy atom. The van der Waals surface area contributed by atoms with Crippen LogP contribution in [0.1, 0.15) is 17.8 Å². The van der Waals surface area contributed by atoms with Gasteiger partial charge in [-0.1, -0.05) is 0 Å². The average Bonchev–Trinajstić information content (AvgIpc) is 2.28. The SMILES string of the molecule is Cc1nn(CCC(F)(F)Cl)c(C)c1N. The molecule has 0 atom stereocenters. The third-order valence-corrected chi connectivity index (χ3v) is 2.23. The third-order valence-electron chi connectivity index (χ3n) is 2.04. The molecule has 1 heterocycles. The highest BCUT2D eigenvalue weighted by Crippen LogP contribution is 2.25. The molecule has 1 aromatic heterocycles. The molecule has 0 fully saturated rings. The Kier molecular flexibility index (Phi) is 2.99. The van der Waals surface area contributed by atoms with Gasteiger partial charge in [0.2, 0.25) is 0 Å². The first-order valence-electron chi connectivity index (χ1n) is 4.17. The van der Waals surface area contributed by atoms with E-state index in [0.29, 0.717) is 17.1 Å². The van der Waals surface area contributed by atoms with E-state index in [4.69, 9.17) is 17.3 Å². The molecule has 0 bridgehead atoms. The molecular formula is C8H12ClF2N3. The van der Waals surface area contributed by atoms with Crippen molar-refractivity contribution in [2.75, 3.05) is 5.73 Å². The summed E-state index contributed by atoms with van der Waals surface area (Å²) in [7, 11) is 0. The summed E-state index contributed by atoms with van der Waals surface area (Å²) in [4.78, 5) is 0. The molecule has 0 aliphatic rings. The second-order valence-electron chi connectivity index (χ2n) is 3.17. The van der Waals surface area contributed by atoms with Crippen molar-refractivity contribution < 1.29 is 8.78 Å². The van der Waals surface area contributed by atoms with Crippen molar-refractivity contribution in [1.29, 1.82) is 0 Å². The van der Waals surface area contributed by atoms with Crippen molar-refractivity contribution >= 4 is 17.3 Å². The average molecular weight is 224 g/mol. The lowest BCUT2D eigenvalue weighted by Crippen LogP contribution is -2.13. The normalized spacial score (nSPS) is 12.1. The van der Waals surface area contributed by atoms with Crippen LogP contribution in [-0.4, -0.2) is 15.2 Å². The molecule has 2 N–H and O–H groups in total. The first-order valence-corrected chi connectivity index (χ1v) is 4.55. The van der Waals surface area contributed by atoms with Crippen LogP contribution in [0.5, 0.6) is 0 Å². The number of nitrogens with zero attached hydrogens (tertiary/aromatic N) is 2. The minimum Gasteiger partial charge on any atom is -0.396 e. The summed E-state index contributed by atoms with van der Waals surface area (Å²) in [5.74, 6) is 0. The summed E-state index contributed by atoms with van der Waals surface area (Å²) in [5, 5.41) is 0.833. The van der Waals surface area contributed by atoms with Gasteiger partial charge >= 0.3 is 5.38 Å². The van der Waals surface area contributed by atoms with E-state index >= 15 is 0 Å². The van der Waals surface area contributed by atoms with Crippen LogP contribution in [0.2, 0.25) is 0 Å². The largest absolute Gasteiger partial charge is 0.396 e. The van der Waals surface area contributed by atoms with Crippen molar-refractivity contribution in [2.24, 2.45) is 0 Å². The van der Waals surface area contributed by atoms with Crippen molar-refractivity contribution in [3.05, 3.63) is 11.4 Å². The minimum atomic E-state index is -3.18. The quantitative estimate of drug-likeness (QED) is 0.800. The van der Waals surface area contributed by atoms with Gasteiger partial charge in [-0.2, -0.15) is 13.9 Å². The van der Waals surface area contributed by atoms with Crippen molar-refractivity contribution in [2.45, 2.75) is 32.2 Å². The van der Waals surface area contributed by atoms with Gasteiger partial charge in [0.15, 0.2) is 0 Å². The number of halogens is 3. The van der Waals surface area contributed by atoms with Gasteiger partial charge in [-0.05, 0) is 25.4 Å². The Bertz CT molecular complexity index is 330. The van der Waals surface area contributed by atoms with Gasteiger partial charge < -0.3 is 5.73 Å². The highest BCUT2D eigenvalue weighted by Gasteiger charge is 2.24. The van der Waals surface area contributed by atoms with Gasteiger partial charge in [-0.25, -0.2) is 0 Å². The molecule has 0 aliphatic carbocycles. The van der Waals surface area contributed by atoms with Gasteiger partial charge in [-0.3, -0.25) is 4.68 Å². The molecule has 14 heavy (non-hydrogen) atoms. The molecule has 0 unspecified atom stereocenters. The van der Waals surface area contributed by atoms with E-state index in [1.54, 1.807) is 13.8 Å². The maximum absolute atomic E-state index is 12.3. The maximum atomic E-state index is 12.3. The standard InChI is InChI=1S/C8H12ClF2N3/c1-5-7(12)6(2)14(13-5)4-3-8(9,10)11/h3-4,12H2,1-2H3. The van der Waals surface area contributed by atoms with Gasteiger partial charge in [0.05, 0.1) is 17.1 Å². The number of aromatic nitrogens is 2. The zero-order chi connectivity index (χ0) is 10.9. The molecule has 0 spiro atoms. The summed E-state index contributed by atoms with van der Waals surface area (Å²) in [6.45, 7) is 3.54. The predicted molar refractivity (Wildman–Crippen MR) is 51.5 cm³/mol. The fourth-order valence-corrected chi connectivity index (χ4v) is 1.25. The summed E-state index contributed by atoms with van der Waals surface area (Å²) >= 11 is 4.78. The van der Waals surface area contributed by atoms with Crippen LogP contribution in [0.15, 0.2) is 0 Å². The number of aryl methyl sites for hydroxylation is 2. The lowest BCUT2D eigenvalue weighted by atomic mass is 10.3. The first-order chi connectivity index (χ1) is 6.31. The molecule has 0 saturated heterocycles. The fraction of sp³-hybridized carbons (Fsp3) is 0.625. The molecule has 0 aromatic carbocycles. The van der Waals surface area contributed by atoms with Crippen molar-refractivity contribution in [3.63, 3.8) is 0 Å². The van der Waals surface area contributed by atoms with Crippen LogP contribution in [0.25, 0.3) is 0 Å². The van der Waals surface area contributed by atoms with Crippen LogP contribution >= 0.6 is 11.6 Å². The molecule has 0 aliphatic heterocycles. The predicted octanol–water partition coefficient (Wildman–Crippen LogP) is 2.30. The Morgan fingerprint density at radius 2 is 2.07 bits per heavy atom. The van der Waals surface area contributed by atoms with Gasteiger partial charge in [-0.15, -0.1) is 0 Å². The number of nitrogen functional groups attached to an aromatic ring is 1. The van der Waals surface area contributed by atoms with Crippen molar-refractivity contribution in [3.8, 4) is 0 Å². The van der Waals surface area contributed by atoms with E-state index in [2.05, 4.69) is 5.10 Å². The molecule has 1 aromatic rings. The Balaban J connectivity index is 2.73. The number of anilines is 1. The zero-order valence-corrected chi connectivity index (χ0v) is 8.78. The highest BCUT2D eigenvalue weighted by molar-refractivity contribution is 6.21. The minimum absolute atomic E-state index is 0.0698. The molecular weight excluding hydrogens is 212 g/mol. The van der Waals surface area contributed by atoms with E-state index in [9.17, 15) is 8.78 Å². The van der Waals surface area contributed by atoms with E-state index in [1.165, 1.54) is 4.68 Å². The number of hydrogen-bond acceptors (Lipinski definition) is 2. The van der Waals surface area contributed by atoms with Crippen LogP contribution in [0.3, 0.4) is 0 Å². The maximum Gasteiger partial charge on any atom is 0.323 e. The van der Waals surface area contributed by atoms with Crippen LogP contribution in [0.4, 0.5) is 14.5 Å². The van der Waals surface area contributed by atoms with Crippen LogP contribution < -0.4 is 5.73 Å². The van der Waals surface area contributed by atoms with Crippen LogP contribution in [0, 0.1) is 13.8 Å². The number of hydrogen-bond donors (Lipinski definition) is 1. The van der Waals surface area contributed by atoms with Gasteiger partial charge in [0.25, 0.3) is 0 Å². The second-order valence-corrected chi connectivity index (χ2v) is 3.73. The van der Waals surface area contributed by atoms with Gasteiger partial charge in [0.1, 0.15) is 0 Å². The Morgan fingerprint density at radius 3 is 2.43 bits per heavy atom. The van der Waals surface area contributed by atoms with Crippen LogP contribution in [-0.2, 0) is 6.54 Å². The second kappa shape index (κ2) is 3.73. The Hall–Kier alpha value is -0.840. The summed E-state index contributed by atoms with van der Waals surface area (Å²) in [6.07, 6.45) is -0.448. The van der Waals surface area contributed by atoms with Gasteiger partial charge in [0, 0.05) is 13.0 Å². The first kappa shape index (κ1) is 11.2. The lowest BCUT2D eigenvalue weighted by molar-refractivity contribution is 0.0793. The number of nitrogens with two attached hydrogens (primary N) is 1. The molecule has 0 amide bonds. The molecule has 1 rings (SSSR count). The summed E-state index contributed by atoms with van der Waals surface area (Å²) in [6, 6.07) is 0. The zero-order valence-electron chi connectivity index (χ0n) is 8.02. The van der Waals surface area contributed by atoms with E-state index in [1.807, 2.05) is 0 Å².